The summed E-state index contributed by atoms with van der Waals surface area (Å²) in [6.45, 7) is 0. The lowest BCUT2D eigenvalue weighted by Gasteiger charge is -2.19. The number of nitrogens with one attached hydrogen (secondary N) is 1. The summed E-state index contributed by atoms with van der Waals surface area (Å²) in [5, 5.41) is 7.38. The maximum Gasteiger partial charge on any atom is 0.151 e. The number of hydrogen-bond acceptors (Lipinski definition) is 3. The largest absolute Gasteiger partial charge is 0.497 e. The molecule has 0 bridgehead atoms. The van der Waals surface area contributed by atoms with Gasteiger partial charge in [-0.3, -0.25) is 5.41 Å². The summed E-state index contributed by atoms with van der Waals surface area (Å²) in [7, 11) is 1.70. The van der Waals surface area contributed by atoms with E-state index in [-0.39, 0.29) is 5.17 Å². The summed E-state index contributed by atoms with van der Waals surface area (Å²) < 4.78 is 5.26. The van der Waals surface area contributed by atoms with E-state index in [9.17, 15) is 0 Å². The van der Waals surface area contributed by atoms with E-state index < -0.39 is 0 Å². The second kappa shape index (κ2) is 5.96. The summed E-state index contributed by atoms with van der Waals surface area (Å²) in [6, 6.07) is 6.27. The number of nitrogens with two attached hydrogens (primary N) is 1. The molecule has 0 heterocycles. The third kappa shape index (κ3) is 3.07. The fraction of sp³-hybridized carbons (Fsp3) is 0.357. The van der Waals surface area contributed by atoms with Crippen LogP contribution in [0.25, 0.3) is 5.57 Å². The highest BCUT2D eigenvalue weighted by atomic mass is 32.2. The number of methoxy groups -OCH3 is 1. The number of aryl methyl sites for hydroxylation is 1. The number of allylic oxidation sites excluding steroid dienone is 1. The Morgan fingerprint density at radius 1 is 1.50 bits per heavy atom. The first-order valence-electron chi connectivity index (χ1n) is 6.04. The predicted molar refractivity (Wildman–Crippen MR) is 78.3 cm³/mol. The van der Waals surface area contributed by atoms with Gasteiger partial charge in [-0.1, -0.05) is 23.9 Å². The van der Waals surface area contributed by atoms with Crippen LogP contribution in [-0.4, -0.2) is 18.0 Å². The molecular formula is C14H18N2OS. The van der Waals surface area contributed by atoms with Crippen molar-refractivity contribution in [3.05, 3.63) is 35.4 Å². The van der Waals surface area contributed by atoms with Crippen molar-refractivity contribution in [2.24, 2.45) is 5.73 Å². The van der Waals surface area contributed by atoms with Gasteiger partial charge in [-0.2, -0.15) is 0 Å². The molecule has 0 amide bonds. The smallest absolute Gasteiger partial charge is 0.151 e. The number of fused-ring (bicyclic) bond motifs is 1. The zero-order chi connectivity index (χ0) is 13.0. The van der Waals surface area contributed by atoms with E-state index in [1.54, 1.807) is 7.11 Å². The fourth-order valence-corrected chi connectivity index (χ4v) is 2.73. The van der Waals surface area contributed by atoms with E-state index in [1.165, 1.54) is 34.9 Å². The summed E-state index contributed by atoms with van der Waals surface area (Å²) in [5.41, 5.74) is 9.40. The van der Waals surface area contributed by atoms with Crippen LogP contribution < -0.4 is 10.5 Å². The van der Waals surface area contributed by atoms with E-state index in [4.69, 9.17) is 15.9 Å². The van der Waals surface area contributed by atoms with Gasteiger partial charge in [-0.15, -0.1) is 0 Å². The van der Waals surface area contributed by atoms with Gasteiger partial charge in [0.2, 0.25) is 0 Å². The first-order valence-corrected chi connectivity index (χ1v) is 7.02. The fourth-order valence-electron chi connectivity index (χ4n) is 2.27. The quantitative estimate of drug-likeness (QED) is 0.650. The Hall–Kier alpha value is -1.42. The average molecular weight is 262 g/mol. The van der Waals surface area contributed by atoms with Gasteiger partial charge in [-0.05, 0) is 48.1 Å². The second-order valence-electron chi connectivity index (χ2n) is 4.28. The molecule has 3 N–H and O–H groups in total. The molecule has 0 saturated carbocycles. The van der Waals surface area contributed by atoms with Gasteiger partial charge in [0.05, 0.1) is 7.11 Å². The van der Waals surface area contributed by atoms with Crippen molar-refractivity contribution in [1.29, 1.82) is 5.41 Å². The van der Waals surface area contributed by atoms with E-state index in [2.05, 4.69) is 18.2 Å². The van der Waals surface area contributed by atoms with E-state index >= 15 is 0 Å². The van der Waals surface area contributed by atoms with Crippen LogP contribution >= 0.6 is 11.8 Å². The molecule has 0 atom stereocenters. The van der Waals surface area contributed by atoms with Gasteiger partial charge in [-0.25, -0.2) is 0 Å². The maximum absolute atomic E-state index is 7.20. The first kappa shape index (κ1) is 13.0. The molecule has 0 aromatic heterocycles. The van der Waals surface area contributed by atoms with Crippen LogP contribution in [-0.2, 0) is 6.42 Å². The van der Waals surface area contributed by atoms with Crippen LogP contribution in [0, 0.1) is 5.41 Å². The third-order valence-electron chi connectivity index (χ3n) is 3.12. The zero-order valence-electron chi connectivity index (χ0n) is 10.5. The minimum Gasteiger partial charge on any atom is -0.497 e. The standard InChI is InChI=1S/C14H18N2OS/c1-17-12-5-6-13-10(7-8-18-14(15)16)3-2-4-11(13)9-12/h5-7,9H,2-4,8H2,1H3,(H3,15,16). The summed E-state index contributed by atoms with van der Waals surface area (Å²) in [5.74, 6) is 1.70. The lowest BCUT2D eigenvalue weighted by molar-refractivity contribution is 0.414. The number of amidine groups is 1. The molecule has 18 heavy (non-hydrogen) atoms. The van der Waals surface area contributed by atoms with Gasteiger partial charge in [0.1, 0.15) is 5.75 Å². The molecule has 2 rings (SSSR count). The van der Waals surface area contributed by atoms with Crippen LogP contribution in [0.3, 0.4) is 0 Å². The van der Waals surface area contributed by atoms with Crippen molar-refractivity contribution < 1.29 is 4.74 Å². The van der Waals surface area contributed by atoms with Crippen molar-refractivity contribution in [3.63, 3.8) is 0 Å². The minimum atomic E-state index is 0.178. The van der Waals surface area contributed by atoms with Gasteiger partial charge in [0, 0.05) is 5.75 Å². The molecule has 1 aliphatic carbocycles. The van der Waals surface area contributed by atoms with E-state index in [1.807, 2.05) is 6.07 Å². The van der Waals surface area contributed by atoms with Gasteiger partial charge in [0.15, 0.2) is 5.17 Å². The normalized spacial score (nSPS) is 16.4. The van der Waals surface area contributed by atoms with Crippen molar-refractivity contribution in [1.82, 2.24) is 0 Å². The molecule has 1 aromatic carbocycles. The van der Waals surface area contributed by atoms with Gasteiger partial charge < -0.3 is 10.5 Å². The molecule has 0 radical (unpaired) electrons. The molecular weight excluding hydrogens is 244 g/mol. The first-order chi connectivity index (χ1) is 8.70. The van der Waals surface area contributed by atoms with Gasteiger partial charge in [0.25, 0.3) is 0 Å². The summed E-state index contributed by atoms with van der Waals surface area (Å²) in [4.78, 5) is 0. The van der Waals surface area contributed by atoms with Crippen LogP contribution in [0.15, 0.2) is 24.3 Å². The topological polar surface area (TPSA) is 59.1 Å². The SMILES string of the molecule is COc1ccc2c(c1)CCCC2=CCSC(=N)N. The lowest BCUT2D eigenvalue weighted by Crippen LogP contribution is -2.05. The third-order valence-corrected chi connectivity index (χ3v) is 3.76. The Bertz CT molecular complexity index is 483. The number of thioether (sulfide) groups is 1. The molecule has 0 saturated heterocycles. The second-order valence-corrected chi connectivity index (χ2v) is 5.34. The molecule has 96 valence electrons. The van der Waals surface area contributed by atoms with Gasteiger partial charge >= 0.3 is 0 Å². The average Bonchev–Trinajstić information content (AvgIpc) is 2.38. The van der Waals surface area contributed by atoms with Crippen LogP contribution in [0.2, 0.25) is 0 Å². The van der Waals surface area contributed by atoms with Crippen molar-refractivity contribution in [3.8, 4) is 5.75 Å². The molecule has 3 nitrogen and oxygen atoms in total. The van der Waals surface area contributed by atoms with Crippen molar-refractivity contribution in [2.45, 2.75) is 19.3 Å². The number of benzene rings is 1. The van der Waals surface area contributed by atoms with E-state index in [0.29, 0.717) is 0 Å². The molecule has 0 unspecified atom stereocenters. The zero-order valence-corrected chi connectivity index (χ0v) is 11.3. The summed E-state index contributed by atoms with van der Waals surface area (Å²) >= 11 is 1.37. The Balaban J connectivity index is 2.19. The molecule has 0 spiro atoms. The van der Waals surface area contributed by atoms with Crippen LogP contribution in [0.5, 0.6) is 5.75 Å². The molecule has 4 heteroatoms. The molecule has 1 aliphatic rings. The monoisotopic (exact) mass is 262 g/mol. The van der Waals surface area contributed by atoms with Crippen molar-refractivity contribution >= 4 is 22.5 Å². The Labute approximate surface area is 112 Å². The highest BCUT2D eigenvalue weighted by molar-refractivity contribution is 8.13. The minimum absolute atomic E-state index is 0.178. The van der Waals surface area contributed by atoms with Crippen LogP contribution in [0.1, 0.15) is 24.0 Å². The number of hydrogen-bond donors (Lipinski definition) is 2. The highest BCUT2D eigenvalue weighted by Crippen LogP contribution is 2.33. The Morgan fingerprint density at radius 2 is 2.33 bits per heavy atom. The number of rotatable bonds is 3. The van der Waals surface area contributed by atoms with Crippen LogP contribution in [0.4, 0.5) is 0 Å². The molecule has 1 aromatic rings. The molecule has 0 fully saturated rings. The highest BCUT2D eigenvalue weighted by Gasteiger charge is 2.14. The van der Waals surface area contributed by atoms with E-state index in [0.717, 1.165) is 24.3 Å². The lowest BCUT2D eigenvalue weighted by atomic mass is 9.87. The Morgan fingerprint density at radius 3 is 3.06 bits per heavy atom. The number of ether oxygens (including phenoxy) is 1. The van der Waals surface area contributed by atoms with Crippen molar-refractivity contribution in [2.75, 3.05) is 12.9 Å². The Kier molecular flexibility index (Phi) is 4.31. The summed E-state index contributed by atoms with van der Waals surface area (Å²) in [6.07, 6.45) is 5.59. The molecule has 0 aliphatic heterocycles. The maximum atomic E-state index is 7.20. The predicted octanol–water partition coefficient (Wildman–Crippen LogP) is 3.04.